The Morgan fingerprint density at radius 1 is 1.17 bits per heavy atom. The summed E-state index contributed by atoms with van der Waals surface area (Å²) in [5.74, 6) is 0. The molecule has 0 spiro atoms. The van der Waals surface area contributed by atoms with Gasteiger partial charge in [-0.15, -0.1) is 0 Å². The quantitative estimate of drug-likeness (QED) is 0.509. The first-order valence-electron chi connectivity index (χ1n) is 7.15. The number of rotatable bonds is 8. The summed E-state index contributed by atoms with van der Waals surface area (Å²) in [6, 6.07) is 11.3. The van der Waals surface area contributed by atoms with E-state index in [1.54, 1.807) is 0 Å². The third kappa shape index (κ3) is 6.02. The predicted molar refractivity (Wildman–Crippen MR) is 80.8 cm³/mol. The minimum Gasteiger partial charge on any atom is -0.306 e. The molecule has 1 rings (SSSR count). The zero-order valence-electron chi connectivity index (χ0n) is 12.1. The second-order valence-electron chi connectivity index (χ2n) is 5.15. The van der Waals surface area contributed by atoms with Gasteiger partial charge in [0.25, 0.3) is 0 Å². The molecule has 100 valence electrons. The number of hydrogen-bond donors (Lipinski definition) is 1. The van der Waals surface area contributed by atoms with Gasteiger partial charge in [0.15, 0.2) is 0 Å². The summed E-state index contributed by atoms with van der Waals surface area (Å²) in [4.78, 5) is 0. The molecule has 0 aromatic heterocycles. The van der Waals surface area contributed by atoms with Crippen LogP contribution in [0.2, 0.25) is 0 Å². The maximum absolute atomic E-state index is 3.65. The first kappa shape index (κ1) is 15.0. The molecule has 0 saturated heterocycles. The lowest BCUT2D eigenvalue weighted by Gasteiger charge is -2.18. The minimum absolute atomic E-state index is 0.494. The molecule has 1 heteroatoms. The van der Waals surface area contributed by atoms with E-state index < -0.39 is 0 Å². The molecule has 0 amide bonds. The smallest absolute Gasteiger partial charge is 0.0323 e. The van der Waals surface area contributed by atoms with Gasteiger partial charge in [-0.1, -0.05) is 68.2 Å². The van der Waals surface area contributed by atoms with Gasteiger partial charge < -0.3 is 5.32 Å². The van der Waals surface area contributed by atoms with Crippen molar-refractivity contribution >= 4 is 0 Å². The van der Waals surface area contributed by atoms with Gasteiger partial charge in [0.05, 0.1) is 0 Å². The van der Waals surface area contributed by atoms with Crippen molar-refractivity contribution in [3.63, 3.8) is 0 Å². The summed E-state index contributed by atoms with van der Waals surface area (Å²) in [7, 11) is 0. The molecule has 1 aromatic carbocycles. The van der Waals surface area contributed by atoms with Gasteiger partial charge in [0, 0.05) is 12.6 Å². The summed E-state index contributed by atoms with van der Waals surface area (Å²) in [5, 5.41) is 3.65. The average molecular weight is 245 g/mol. The maximum atomic E-state index is 3.65. The van der Waals surface area contributed by atoms with Gasteiger partial charge in [-0.3, -0.25) is 0 Å². The fraction of sp³-hybridized carbons (Fsp3) is 0.529. The predicted octanol–water partition coefficient (Wildman–Crippen LogP) is 4.86. The second-order valence-corrected chi connectivity index (χ2v) is 5.15. The minimum atomic E-state index is 0.494. The molecule has 0 saturated carbocycles. The van der Waals surface area contributed by atoms with Crippen molar-refractivity contribution in [2.24, 2.45) is 0 Å². The lowest BCUT2D eigenvalue weighted by molar-refractivity contribution is 0.495. The van der Waals surface area contributed by atoms with Crippen LogP contribution in [0.15, 0.2) is 42.0 Å². The van der Waals surface area contributed by atoms with E-state index in [9.17, 15) is 0 Å². The van der Waals surface area contributed by atoms with E-state index in [2.05, 4.69) is 62.5 Å². The third-order valence-corrected chi connectivity index (χ3v) is 3.17. The van der Waals surface area contributed by atoms with E-state index in [1.165, 1.54) is 36.8 Å². The van der Waals surface area contributed by atoms with Gasteiger partial charge in [-0.05, 0) is 25.8 Å². The van der Waals surface area contributed by atoms with E-state index in [1.807, 2.05) is 0 Å². The Labute approximate surface area is 112 Å². The monoisotopic (exact) mass is 245 g/mol. The topological polar surface area (TPSA) is 12.0 Å². The van der Waals surface area contributed by atoms with Crippen molar-refractivity contribution in [1.29, 1.82) is 0 Å². The van der Waals surface area contributed by atoms with Gasteiger partial charge in [0.2, 0.25) is 0 Å². The van der Waals surface area contributed by atoms with Crippen LogP contribution in [-0.4, -0.2) is 6.54 Å². The van der Waals surface area contributed by atoms with Crippen molar-refractivity contribution in [1.82, 2.24) is 5.32 Å². The average Bonchev–Trinajstić information content (AvgIpc) is 2.38. The van der Waals surface area contributed by atoms with E-state index >= 15 is 0 Å². The second kappa shape index (κ2) is 8.93. The lowest BCUT2D eigenvalue weighted by Crippen LogP contribution is -2.21. The molecule has 0 heterocycles. The fourth-order valence-corrected chi connectivity index (χ4v) is 2.08. The van der Waals surface area contributed by atoms with Crippen molar-refractivity contribution in [2.75, 3.05) is 6.54 Å². The highest BCUT2D eigenvalue weighted by Crippen LogP contribution is 2.19. The molecular formula is C17H27N. The van der Waals surface area contributed by atoms with E-state index in [0.717, 1.165) is 6.54 Å². The Bertz CT molecular complexity index is 336. The molecule has 1 nitrogen and oxygen atoms in total. The van der Waals surface area contributed by atoms with Gasteiger partial charge in [-0.2, -0.15) is 0 Å². The molecule has 0 aliphatic heterocycles. The number of unbranched alkanes of at least 4 members (excludes halogenated alkanes) is 2. The summed E-state index contributed by atoms with van der Waals surface area (Å²) in [5.41, 5.74) is 2.79. The van der Waals surface area contributed by atoms with Crippen LogP contribution in [0.5, 0.6) is 0 Å². The van der Waals surface area contributed by atoms with Gasteiger partial charge >= 0.3 is 0 Å². The van der Waals surface area contributed by atoms with Crippen LogP contribution < -0.4 is 5.32 Å². The van der Waals surface area contributed by atoms with Crippen LogP contribution >= 0.6 is 0 Å². The highest BCUT2D eigenvalue weighted by atomic mass is 14.9. The summed E-state index contributed by atoms with van der Waals surface area (Å²) >= 11 is 0. The highest BCUT2D eigenvalue weighted by molar-refractivity contribution is 5.19. The SMILES string of the molecule is CCCCCC(NCC=C(C)C)c1ccccc1. The molecule has 0 aliphatic carbocycles. The van der Waals surface area contributed by atoms with Crippen LogP contribution in [0.1, 0.15) is 58.1 Å². The Hall–Kier alpha value is -1.08. The van der Waals surface area contributed by atoms with Crippen LogP contribution in [-0.2, 0) is 0 Å². The Kier molecular flexibility index (Phi) is 7.43. The molecule has 1 unspecified atom stereocenters. The van der Waals surface area contributed by atoms with E-state index in [-0.39, 0.29) is 0 Å². The highest BCUT2D eigenvalue weighted by Gasteiger charge is 2.08. The van der Waals surface area contributed by atoms with E-state index in [0.29, 0.717) is 6.04 Å². The molecule has 1 N–H and O–H groups in total. The third-order valence-electron chi connectivity index (χ3n) is 3.17. The molecule has 0 aliphatic rings. The largest absolute Gasteiger partial charge is 0.306 e. The molecule has 0 bridgehead atoms. The first-order valence-corrected chi connectivity index (χ1v) is 7.15. The molecule has 0 radical (unpaired) electrons. The standard InChI is InChI=1S/C17H27N/c1-4-5-7-12-17(18-14-13-15(2)3)16-10-8-6-9-11-16/h6,8-11,13,17-18H,4-5,7,12,14H2,1-3H3. The van der Waals surface area contributed by atoms with Crippen molar-refractivity contribution in [3.8, 4) is 0 Å². The zero-order valence-corrected chi connectivity index (χ0v) is 12.1. The van der Waals surface area contributed by atoms with Crippen LogP contribution in [0, 0.1) is 0 Å². The Morgan fingerprint density at radius 3 is 2.50 bits per heavy atom. The normalized spacial score (nSPS) is 12.2. The lowest BCUT2D eigenvalue weighted by atomic mass is 10.0. The van der Waals surface area contributed by atoms with Gasteiger partial charge in [0.1, 0.15) is 0 Å². The summed E-state index contributed by atoms with van der Waals surface area (Å²) in [6.45, 7) is 7.52. The molecule has 1 atom stereocenters. The summed E-state index contributed by atoms with van der Waals surface area (Å²) < 4.78 is 0. The Balaban J connectivity index is 2.55. The molecule has 18 heavy (non-hydrogen) atoms. The van der Waals surface area contributed by atoms with Crippen LogP contribution in [0.25, 0.3) is 0 Å². The van der Waals surface area contributed by atoms with Crippen molar-refractivity contribution in [2.45, 2.75) is 52.5 Å². The van der Waals surface area contributed by atoms with Crippen molar-refractivity contribution in [3.05, 3.63) is 47.5 Å². The van der Waals surface area contributed by atoms with Gasteiger partial charge in [-0.25, -0.2) is 0 Å². The number of hydrogen-bond acceptors (Lipinski definition) is 1. The van der Waals surface area contributed by atoms with Crippen LogP contribution in [0.3, 0.4) is 0 Å². The molecule has 1 aromatic rings. The van der Waals surface area contributed by atoms with Crippen LogP contribution in [0.4, 0.5) is 0 Å². The summed E-state index contributed by atoms with van der Waals surface area (Å²) in [6.07, 6.45) is 7.41. The number of allylic oxidation sites excluding steroid dienone is 1. The number of benzene rings is 1. The fourth-order valence-electron chi connectivity index (χ4n) is 2.08. The van der Waals surface area contributed by atoms with E-state index in [4.69, 9.17) is 0 Å². The first-order chi connectivity index (χ1) is 8.74. The molecular weight excluding hydrogens is 218 g/mol. The maximum Gasteiger partial charge on any atom is 0.0323 e. The zero-order chi connectivity index (χ0) is 13.2. The van der Waals surface area contributed by atoms with Crippen molar-refractivity contribution < 1.29 is 0 Å². The molecule has 0 fully saturated rings. The number of nitrogens with one attached hydrogen (secondary N) is 1. The Morgan fingerprint density at radius 2 is 1.89 bits per heavy atom.